The Bertz CT molecular complexity index is 1110. The number of aromatic nitrogens is 3. The highest BCUT2D eigenvalue weighted by molar-refractivity contribution is 5.90. The van der Waals surface area contributed by atoms with Gasteiger partial charge in [0.05, 0.1) is 49.6 Å². The maximum absolute atomic E-state index is 5.85. The van der Waals surface area contributed by atoms with Gasteiger partial charge in [0.15, 0.2) is 5.65 Å². The van der Waals surface area contributed by atoms with Crippen LogP contribution in [-0.4, -0.2) is 66.6 Å². The van der Waals surface area contributed by atoms with Gasteiger partial charge in [-0.15, -0.1) is 0 Å². The molecule has 0 spiro atoms. The minimum Gasteiger partial charge on any atom is -0.377 e. The summed E-state index contributed by atoms with van der Waals surface area (Å²) < 4.78 is 11.3. The molecule has 1 aromatic carbocycles. The van der Waals surface area contributed by atoms with E-state index >= 15 is 0 Å². The number of anilines is 2. The molecule has 0 aliphatic carbocycles. The van der Waals surface area contributed by atoms with E-state index in [4.69, 9.17) is 30.2 Å². The monoisotopic (exact) mass is 434 g/mol. The van der Waals surface area contributed by atoms with Crippen LogP contribution in [0.5, 0.6) is 0 Å². The number of benzene rings is 1. The Labute approximate surface area is 188 Å². The molecule has 32 heavy (non-hydrogen) atoms. The molecule has 0 amide bonds. The molecule has 3 aromatic rings. The van der Waals surface area contributed by atoms with Crippen molar-refractivity contribution in [3.63, 3.8) is 0 Å². The summed E-state index contributed by atoms with van der Waals surface area (Å²) in [5.41, 5.74) is 9.55. The van der Waals surface area contributed by atoms with Crippen LogP contribution in [0.25, 0.3) is 22.3 Å². The third kappa shape index (κ3) is 4.01. The van der Waals surface area contributed by atoms with Crippen molar-refractivity contribution in [2.24, 2.45) is 5.73 Å². The molecule has 2 aliphatic heterocycles. The Morgan fingerprint density at radius 3 is 2.41 bits per heavy atom. The molecule has 4 heterocycles. The highest BCUT2D eigenvalue weighted by atomic mass is 16.5. The van der Waals surface area contributed by atoms with Gasteiger partial charge >= 0.3 is 0 Å². The summed E-state index contributed by atoms with van der Waals surface area (Å²) in [6.07, 6.45) is 0. The van der Waals surface area contributed by atoms with Crippen LogP contribution < -0.4 is 15.5 Å². The van der Waals surface area contributed by atoms with Gasteiger partial charge in [-0.25, -0.2) is 4.98 Å². The lowest BCUT2D eigenvalue weighted by Gasteiger charge is -2.37. The smallest absolute Gasteiger partial charge is 0.229 e. The van der Waals surface area contributed by atoms with Gasteiger partial charge in [0, 0.05) is 25.2 Å². The molecule has 0 radical (unpaired) electrons. The third-order valence-corrected chi connectivity index (χ3v) is 6.25. The number of ether oxygens (including phenoxy) is 2. The minimum atomic E-state index is 0.209. The zero-order valence-corrected chi connectivity index (χ0v) is 18.7. The molecule has 0 saturated carbocycles. The van der Waals surface area contributed by atoms with Crippen molar-refractivity contribution in [2.45, 2.75) is 32.5 Å². The van der Waals surface area contributed by atoms with Gasteiger partial charge in [-0.2, -0.15) is 9.97 Å². The Hall–Kier alpha value is -2.81. The summed E-state index contributed by atoms with van der Waals surface area (Å²) in [4.78, 5) is 19.5. The van der Waals surface area contributed by atoms with Crippen molar-refractivity contribution < 1.29 is 9.47 Å². The largest absolute Gasteiger partial charge is 0.377 e. The summed E-state index contributed by atoms with van der Waals surface area (Å²) in [7, 11) is 0. The number of fused-ring (bicyclic) bond motifs is 1. The van der Waals surface area contributed by atoms with E-state index in [1.807, 2.05) is 18.2 Å². The number of morpholine rings is 2. The van der Waals surface area contributed by atoms with E-state index < -0.39 is 0 Å². The second-order valence-electron chi connectivity index (χ2n) is 8.55. The molecule has 8 heteroatoms. The van der Waals surface area contributed by atoms with Gasteiger partial charge in [-0.1, -0.05) is 18.2 Å². The van der Waals surface area contributed by atoms with Gasteiger partial charge in [0.2, 0.25) is 5.95 Å². The van der Waals surface area contributed by atoms with E-state index in [2.05, 4.69) is 41.8 Å². The first-order valence-electron chi connectivity index (χ1n) is 11.3. The molecule has 2 saturated heterocycles. The maximum atomic E-state index is 5.85. The second-order valence-corrected chi connectivity index (χ2v) is 8.55. The Morgan fingerprint density at radius 2 is 1.69 bits per heavy atom. The lowest BCUT2D eigenvalue weighted by molar-refractivity contribution is 0.0973. The zero-order chi connectivity index (χ0) is 22.1. The second kappa shape index (κ2) is 8.97. The van der Waals surface area contributed by atoms with Crippen LogP contribution in [0.15, 0.2) is 36.4 Å². The summed E-state index contributed by atoms with van der Waals surface area (Å²) in [5.74, 6) is 1.64. The standard InChI is InChI=1S/C24H30N6O2/c1-16-14-31-10-8-29(16)23-20-6-7-21(19-5-3-4-18(12-19)13-25)26-22(20)27-24(28-23)30-9-11-32-15-17(30)2/h3-7,12,16-17H,8-11,13-15,25H2,1-2H3/t16-,17?/m0/s1. The van der Waals surface area contributed by atoms with E-state index in [1.54, 1.807) is 0 Å². The van der Waals surface area contributed by atoms with Crippen LogP contribution in [0.2, 0.25) is 0 Å². The normalized spacial score (nSPS) is 21.8. The molecule has 2 aliphatic rings. The van der Waals surface area contributed by atoms with E-state index in [0.29, 0.717) is 44.6 Å². The van der Waals surface area contributed by atoms with Crippen LogP contribution in [0.1, 0.15) is 19.4 Å². The zero-order valence-electron chi connectivity index (χ0n) is 18.7. The van der Waals surface area contributed by atoms with E-state index in [1.165, 1.54) is 0 Å². The summed E-state index contributed by atoms with van der Waals surface area (Å²) in [6, 6.07) is 12.8. The predicted octanol–water partition coefficient (Wildman–Crippen LogP) is 2.60. The maximum Gasteiger partial charge on any atom is 0.229 e. The van der Waals surface area contributed by atoms with E-state index in [-0.39, 0.29) is 12.1 Å². The summed E-state index contributed by atoms with van der Waals surface area (Å²) in [5, 5.41) is 0.960. The van der Waals surface area contributed by atoms with Crippen LogP contribution in [0.4, 0.5) is 11.8 Å². The molecule has 2 aromatic heterocycles. The molecule has 2 N–H and O–H groups in total. The van der Waals surface area contributed by atoms with Crippen LogP contribution in [0.3, 0.4) is 0 Å². The number of nitrogens with zero attached hydrogens (tertiary/aromatic N) is 5. The summed E-state index contributed by atoms with van der Waals surface area (Å²) in [6.45, 7) is 9.10. The highest BCUT2D eigenvalue weighted by Crippen LogP contribution is 2.31. The lowest BCUT2D eigenvalue weighted by Crippen LogP contribution is -2.46. The van der Waals surface area contributed by atoms with Crippen LogP contribution in [-0.2, 0) is 16.0 Å². The third-order valence-electron chi connectivity index (χ3n) is 6.25. The quantitative estimate of drug-likeness (QED) is 0.670. The molecule has 5 rings (SSSR count). The molecule has 1 unspecified atom stereocenters. The van der Waals surface area contributed by atoms with Crippen molar-refractivity contribution in [2.75, 3.05) is 49.3 Å². The van der Waals surface area contributed by atoms with Crippen molar-refractivity contribution in [3.8, 4) is 11.3 Å². The number of hydrogen-bond donors (Lipinski definition) is 1. The Balaban J connectivity index is 1.65. The fraction of sp³-hybridized carbons (Fsp3) is 0.458. The van der Waals surface area contributed by atoms with Crippen LogP contribution >= 0.6 is 0 Å². The number of hydrogen-bond acceptors (Lipinski definition) is 8. The Kier molecular flexibility index (Phi) is 5.91. The predicted molar refractivity (Wildman–Crippen MR) is 126 cm³/mol. The summed E-state index contributed by atoms with van der Waals surface area (Å²) >= 11 is 0. The minimum absolute atomic E-state index is 0.209. The van der Waals surface area contributed by atoms with E-state index in [9.17, 15) is 0 Å². The topological polar surface area (TPSA) is 89.6 Å². The average Bonchev–Trinajstić information content (AvgIpc) is 2.83. The molecule has 2 atom stereocenters. The first-order valence-corrected chi connectivity index (χ1v) is 11.3. The lowest BCUT2D eigenvalue weighted by atomic mass is 10.1. The Morgan fingerprint density at radius 1 is 0.938 bits per heavy atom. The average molecular weight is 435 g/mol. The molecular weight excluding hydrogens is 404 g/mol. The van der Waals surface area contributed by atoms with Crippen molar-refractivity contribution >= 4 is 22.8 Å². The molecule has 8 nitrogen and oxygen atoms in total. The number of pyridine rings is 1. The van der Waals surface area contributed by atoms with Crippen LogP contribution in [0, 0.1) is 0 Å². The van der Waals surface area contributed by atoms with Gasteiger partial charge in [0.25, 0.3) is 0 Å². The molecular formula is C24H30N6O2. The van der Waals surface area contributed by atoms with Crippen molar-refractivity contribution in [1.82, 2.24) is 15.0 Å². The molecule has 2 fully saturated rings. The number of nitrogens with two attached hydrogens (primary N) is 1. The first-order chi connectivity index (χ1) is 15.6. The van der Waals surface area contributed by atoms with Crippen molar-refractivity contribution in [3.05, 3.63) is 42.0 Å². The van der Waals surface area contributed by atoms with Gasteiger partial charge in [-0.3, -0.25) is 0 Å². The van der Waals surface area contributed by atoms with E-state index in [0.717, 1.165) is 41.1 Å². The van der Waals surface area contributed by atoms with Crippen molar-refractivity contribution in [1.29, 1.82) is 0 Å². The molecule has 0 bridgehead atoms. The fourth-order valence-corrected chi connectivity index (χ4v) is 4.41. The van der Waals surface area contributed by atoms with Gasteiger partial charge in [0.1, 0.15) is 5.82 Å². The first kappa shape index (κ1) is 21.1. The fourth-order valence-electron chi connectivity index (χ4n) is 4.41. The highest BCUT2D eigenvalue weighted by Gasteiger charge is 2.27. The molecule has 168 valence electrons. The van der Waals surface area contributed by atoms with Gasteiger partial charge in [-0.05, 0) is 37.6 Å². The van der Waals surface area contributed by atoms with Gasteiger partial charge < -0.3 is 25.0 Å². The number of rotatable bonds is 4. The SMILES string of the molecule is CC1COCCN1c1nc(N2CCOC[C@@H]2C)c2ccc(-c3cccc(CN)c3)nc2n1.